The van der Waals surface area contributed by atoms with Gasteiger partial charge < -0.3 is 0 Å². The summed E-state index contributed by atoms with van der Waals surface area (Å²) in [4.78, 5) is 11.9. The quantitative estimate of drug-likeness (QED) is 0.593. The standard InChI is InChI=1S/C21H16OS/c22-13-15-7-5-6-14(21(15)23)12-20-18-10-3-1-8-16(18)17-9-2-4-11-19(17)20/h1-11,13-14,20H,12H2. The second-order valence-corrected chi connectivity index (χ2v) is 6.50. The molecule has 0 aromatic heterocycles. The Balaban J connectivity index is 1.73. The van der Waals surface area contributed by atoms with Gasteiger partial charge in [-0.3, -0.25) is 4.79 Å². The summed E-state index contributed by atoms with van der Waals surface area (Å²) >= 11 is 5.53. The van der Waals surface area contributed by atoms with E-state index in [1.807, 2.05) is 12.2 Å². The van der Waals surface area contributed by atoms with Crippen molar-refractivity contribution in [2.45, 2.75) is 12.3 Å². The van der Waals surface area contributed by atoms with Crippen molar-refractivity contribution in [2.24, 2.45) is 5.92 Å². The summed E-state index contributed by atoms with van der Waals surface area (Å²) in [6, 6.07) is 17.2. The topological polar surface area (TPSA) is 17.1 Å². The average Bonchev–Trinajstić information content (AvgIpc) is 2.91. The van der Waals surface area contributed by atoms with Gasteiger partial charge in [0.25, 0.3) is 0 Å². The van der Waals surface area contributed by atoms with Crippen molar-refractivity contribution >= 4 is 23.4 Å². The van der Waals surface area contributed by atoms with E-state index in [1.54, 1.807) is 0 Å². The van der Waals surface area contributed by atoms with Crippen molar-refractivity contribution in [3.8, 4) is 11.1 Å². The highest BCUT2D eigenvalue weighted by molar-refractivity contribution is 7.81. The minimum atomic E-state index is 0.138. The first-order valence-electron chi connectivity index (χ1n) is 7.85. The van der Waals surface area contributed by atoms with E-state index in [-0.39, 0.29) is 5.92 Å². The zero-order chi connectivity index (χ0) is 15.8. The van der Waals surface area contributed by atoms with E-state index in [1.165, 1.54) is 22.3 Å². The maximum absolute atomic E-state index is 11.2. The van der Waals surface area contributed by atoms with Gasteiger partial charge in [-0.15, -0.1) is 0 Å². The van der Waals surface area contributed by atoms with Crippen LogP contribution < -0.4 is 0 Å². The Morgan fingerprint density at radius 2 is 1.57 bits per heavy atom. The number of rotatable bonds is 3. The highest BCUT2D eigenvalue weighted by Gasteiger charge is 2.31. The van der Waals surface area contributed by atoms with E-state index >= 15 is 0 Å². The lowest BCUT2D eigenvalue weighted by atomic mass is 9.82. The molecule has 0 fully saturated rings. The molecule has 0 heterocycles. The largest absolute Gasteiger partial charge is 0.298 e. The highest BCUT2D eigenvalue weighted by atomic mass is 32.1. The van der Waals surface area contributed by atoms with Crippen molar-refractivity contribution in [1.82, 2.24) is 0 Å². The van der Waals surface area contributed by atoms with Crippen LogP contribution in [0.2, 0.25) is 0 Å². The third-order valence-corrected chi connectivity index (χ3v) is 5.36. The number of carbonyl (C=O) groups is 1. The Labute approximate surface area is 141 Å². The van der Waals surface area contributed by atoms with Gasteiger partial charge in [0.05, 0.1) is 0 Å². The number of carbonyl (C=O) groups excluding carboxylic acids is 1. The second kappa shape index (κ2) is 5.71. The zero-order valence-electron chi connectivity index (χ0n) is 12.6. The molecule has 0 saturated carbocycles. The summed E-state index contributed by atoms with van der Waals surface area (Å²) in [7, 11) is 0. The molecule has 2 aliphatic rings. The molecule has 1 unspecified atom stereocenters. The third-order valence-electron chi connectivity index (χ3n) is 4.82. The van der Waals surface area contributed by atoms with E-state index < -0.39 is 0 Å². The molecule has 2 aromatic carbocycles. The first-order valence-corrected chi connectivity index (χ1v) is 8.26. The van der Waals surface area contributed by atoms with Crippen molar-refractivity contribution in [3.63, 3.8) is 0 Å². The van der Waals surface area contributed by atoms with Crippen LogP contribution in [0.15, 0.2) is 72.3 Å². The summed E-state index contributed by atoms with van der Waals surface area (Å²) in [5.41, 5.74) is 6.03. The fourth-order valence-corrected chi connectivity index (χ4v) is 4.02. The van der Waals surface area contributed by atoms with Crippen molar-refractivity contribution in [3.05, 3.63) is 83.5 Å². The van der Waals surface area contributed by atoms with Gasteiger partial charge in [0, 0.05) is 22.3 Å². The smallest absolute Gasteiger partial charge is 0.151 e. The number of thiocarbonyl (C=S) groups is 1. The molecule has 0 spiro atoms. The summed E-state index contributed by atoms with van der Waals surface area (Å²) in [5.74, 6) is 0.473. The Hall–Kier alpha value is -2.32. The summed E-state index contributed by atoms with van der Waals surface area (Å²) in [6.45, 7) is 0. The van der Waals surface area contributed by atoms with Crippen LogP contribution in [0.5, 0.6) is 0 Å². The molecule has 0 radical (unpaired) electrons. The first kappa shape index (κ1) is 14.3. The lowest BCUT2D eigenvalue weighted by Gasteiger charge is -2.22. The summed E-state index contributed by atoms with van der Waals surface area (Å²) in [5, 5.41) is 0. The van der Waals surface area contributed by atoms with Gasteiger partial charge >= 0.3 is 0 Å². The van der Waals surface area contributed by atoms with Gasteiger partial charge in [0.2, 0.25) is 0 Å². The van der Waals surface area contributed by atoms with Crippen LogP contribution in [-0.2, 0) is 4.79 Å². The number of fused-ring (bicyclic) bond motifs is 3. The van der Waals surface area contributed by atoms with Gasteiger partial charge in [-0.2, -0.15) is 0 Å². The Bertz CT molecular complexity index is 814. The second-order valence-electron chi connectivity index (χ2n) is 6.06. The molecular formula is C21H16OS. The Kier molecular flexibility index (Phi) is 3.55. The van der Waals surface area contributed by atoms with Crippen molar-refractivity contribution in [2.75, 3.05) is 0 Å². The fraction of sp³-hybridized carbons (Fsp3) is 0.143. The van der Waals surface area contributed by atoms with Crippen LogP contribution in [-0.4, -0.2) is 11.2 Å². The van der Waals surface area contributed by atoms with E-state index in [9.17, 15) is 4.79 Å². The van der Waals surface area contributed by atoms with Gasteiger partial charge in [-0.25, -0.2) is 0 Å². The van der Waals surface area contributed by atoms with Crippen molar-refractivity contribution < 1.29 is 4.79 Å². The van der Waals surface area contributed by atoms with Crippen LogP contribution in [0.3, 0.4) is 0 Å². The predicted octanol–water partition coefficient (Wildman–Crippen LogP) is 4.87. The number of benzene rings is 2. The molecule has 23 heavy (non-hydrogen) atoms. The lowest BCUT2D eigenvalue weighted by molar-refractivity contribution is -0.104. The van der Waals surface area contributed by atoms with Crippen LogP contribution >= 0.6 is 12.2 Å². The zero-order valence-corrected chi connectivity index (χ0v) is 13.4. The first-order chi connectivity index (χ1) is 11.3. The number of hydrogen-bond acceptors (Lipinski definition) is 2. The van der Waals surface area contributed by atoms with Crippen LogP contribution in [0.4, 0.5) is 0 Å². The van der Waals surface area contributed by atoms with Crippen LogP contribution in [0.25, 0.3) is 11.1 Å². The number of aldehydes is 1. The molecule has 0 aliphatic heterocycles. The minimum Gasteiger partial charge on any atom is -0.298 e. The Morgan fingerprint density at radius 1 is 0.957 bits per heavy atom. The van der Waals surface area contributed by atoms with Gasteiger partial charge in [0.15, 0.2) is 6.29 Å². The lowest BCUT2D eigenvalue weighted by Crippen LogP contribution is -2.18. The molecule has 112 valence electrons. The maximum Gasteiger partial charge on any atom is 0.151 e. The molecule has 0 amide bonds. The van der Waals surface area contributed by atoms with Gasteiger partial charge in [0.1, 0.15) is 0 Å². The molecule has 2 aliphatic carbocycles. The maximum atomic E-state index is 11.2. The van der Waals surface area contributed by atoms with Gasteiger partial charge in [-0.1, -0.05) is 79.0 Å². The minimum absolute atomic E-state index is 0.138. The molecule has 2 aromatic rings. The molecular weight excluding hydrogens is 300 g/mol. The molecule has 2 heteroatoms. The highest BCUT2D eigenvalue weighted by Crippen LogP contribution is 2.47. The fourth-order valence-electron chi connectivity index (χ4n) is 3.73. The number of allylic oxidation sites excluding steroid dienone is 4. The van der Waals surface area contributed by atoms with E-state index in [0.717, 1.165) is 17.6 Å². The van der Waals surface area contributed by atoms with E-state index in [0.29, 0.717) is 11.5 Å². The van der Waals surface area contributed by atoms with E-state index in [2.05, 4.69) is 54.6 Å². The third kappa shape index (κ3) is 2.30. The average molecular weight is 316 g/mol. The molecule has 0 saturated heterocycles. The molecule has 0 N–H and O–H groups in total. The SMILES string of the molecule is O=CC1=CC=CC(CC2c3ccccc3-c3ccccc32)C1=S. The monoisotopic (exact) mass is 316 g/mol. The van der Waals surface area contributed by atoms with Crippen LogP contribution in [0, 0.1) is 5.92 Å². The van der Waals surface area contributed by atoms with E-state index in [4.69, 9.17) is 12.2 Å². The molecule has 0 bridgehead atoms. The molecule has 4 rings (SSSR count). The van der Waals surface area contributed by atoms with Crippen LogP contribution in [0.1, 0.15) is 23.5 Å². The Morgan fingerprint density at radius 3 is 2.17 bits per heavy atom. The normalized spacial score (nSPS) is 19.2. The summed E-state index contributed by atoms with van der Waals surface area (Å²) < 4.78 is 0. The molecule has 1 nitrogen and oxygen atoms in total. The van der Waals surface area contributed by atoms with Gasteiger partial charge in [-0.05, 0) is 28.7 Å². The number of hydrogen-bond donors (Lipinski definition) is 0. The molecule has 1 atom stereocenters. The predicted molar refractivity (Wildman–Crippen MR) is 97.7 cm³/mol. The van der Waals surface area contributed by atoms with Crippen molar-refractivity contribution in [1.29, 1.82) is 0 Å². The summed E-state index contributed by atoms with van der Waals surface area (Å²) in [6.07, 6.45) is 7.67.